The zero-order valence-corrected chi connectivity index (χ0v) is 13.3. The molecular weight excluding hydrogens is 288 g/mol. The Kier molecular flexibility index (Phi) is 3.43. The summed E-state index contributed by atoms with van der Waals surface area (Å²) in [7, 11) is 0. The molecule has 0 atom stereocenters. The number of imidazole rings is 1. The molecule has 104 valence electrons. The number of aromatic nitrogens is 4. The SMILES string of the molecule is CCn1nc(C)c2[nH]c(=S)n(-c3ccc(SC)cc3)c21. The molecule has 0 bridgehead atoms. The maximum atomic E-state index is 5.48. The summed E-state index contributed by atoms with van der Waals surface area (Å²) in [6.45, 7) is 4.91. The lowest BCUT2D eigenvalue weighted by Gasteiger charge is -2.07. The third-order valence-electron chi connectivity index (χ3n) is 3.38. The fourth-order valence-electron chi connectivity index (χ4n) is 2.39. The Morgan fingerprint density at radius 2 is 2.00 bits per heavy atom. The highest BCUT2D eigenvalue weighted by Gasteiger charge is 2.14. The second-order valence-electron chi connectivity index (χ2n) is 4.56. The van der Waals surface area contributed by atoms with Crippen molar-refractivity contribution in [2.24, 2.45) is 0 Å². The topological polar surface area (TPSA) is 38.5 Å². The van der Waals surface area contributed by atoms with E-state index in [-0.39, 0.29) is 0 Å². The van der Waals surface area contributed by atoms with E-state index in [9.17, 15) is 0 Å². The average Bonchev–Trinajstić information content (AvgIpc) is 2.96. The van der Waals surface area contributed by atoms with Crippen molar-refractivity contribution in [3.63, 3.8) is 0 Å². The van der Waals surface area contributed by atoms with Gasteiger partial charge in [-0.05, 0) is 56.6 Å². The van der Waals surface area contributed by atoms with Gasteiger partial charge in [-0.1, -0.05) is 0 Å². The Labute approximate surface area is 126 Å². The fourth-order valence-corrected chi connectivity index (χ4v) is 3.10. The predicted octanol–water partition coefficient (Wildman–Crippen LogP) is 3.93. The van der Waals surface area contributed by atoms with Crippen LogP contribution in [0.4, 0.5) is 0 Å². The van der Waals surface area contributed by atoms with E-state index in [0.717, 1.165) is 29.1 Å². The van der Waals surface area contributed by atoms with Crippen molar-refractivity contribution in [1.82, 2.24) is 19.3 Å². The highest BCUT2D eigenvalue weighted by atomic mass is 32.2. The van der Waals surface area contributed by atoms with E-state index in [0.29, 0.717) is 4.77 Å². The molecule has 3 rings (SSSR count). The van der Waals surface area contributed by atoms with Gasteiger partial charge in [-0.25, -0.2) is 4.68 Å². The van der Waals surface area contributed by atoms with Crippen molar-refractivity contribution in [3.8, 4) is 5.69 Å². The first-order chi connectivity index (χ1) is 9.65. The first-order valence-electron chi connectivity index (χ1n) is 6.48. The molecule has 0 fully saturated rings. The zero-order chi connectivity index (χ0) is 14.3. The highest BCUT2D eigenvalue weighted by molar-refractivity contribution is 7.98. The number of fused-ring (bicyclic) bond motifs is 1. The Hall–Kier alpha value is -1.53. The van der Waals surface area contributed by atoms with Crippen molar-refractivity contribution in [1.29, 1.82) is 0 Å². The van der Waals surface area contributed by atoms with Crippen LogP contribution in [0, 0.1) is 11.7 Å². The molecule has 0 aliphatic carbocycles. The maximum Gasteiger partial charge on any atom is 0.184 e. The van der Waals surface area contributed by atoms with E-state index in [1.165, 1.54) is 4.90 Å². The highest BCUT2D eigenvalue weighted by Crippen LogP contribution is 2.24. The van der Waals surface area contributed by atoms with Crippen LogP contribution >= 0.6 is 24.0 Å². The molecule has 0 saturated heterocycles. The number of nitrogens with one attached hydrogen (secondary N) is 1. The Bertz CT molecular complexity index is 808. The molecule has 3 aromatic rings. The van der Waals surface area contributed by atoms with Gasteiger partial charge < -0.3 is 4.98 Å². The van der Waals surface area contributed by atoms with Crippen molar-refractivity contribution in [3.05, 3.63) is 34.7 Å². The summed E-state index contributed by atoms with van der Waals surface area (Å²) in [4.78, 5) is 4.51. The van der Waals surface area contributed by atoms with Crippen LogP contribution < -0.4 is 0 Å². The number of nitrogens with zero attached hydrogens (tertiary/aromatic N) is 3. The molecule has 20 heavy (non-hydrogen) atoms. The average molecular weight is 304 g/mol. The normalized spacial score (nSPS) is 11.3. The van der Waals surface area contributed by atoms with Gasteiger partial charge in [0.25, 0.3) is 0 Å². The van der Waals surface area contributed by atoms with Gasteiger partial charge in [-0.3, -0.25) is 4.57 Å². The molecule has 0 aliphatic heterocycles. The van der Waals surface area contributed by atoms with Crippen LogP contribution in [-0.2, 0) is 6.54 Å². The van der Waals surface area contributed by atoms with Gasteiger partial charge in [0, 0.05) is 17.1 Å². The second-order valence-corrected chi connectivity index (χ2v) is 5.83. The van der Waals surface area contributed by atoms with Gasteiger partial charge in [0.2, 0.25) is 0 Å². The summed E-state index contributed by atoms with van der Waals surface area (Å²) >= 11 is 7.21. The van der Waals surface area contributed by atoms with Gasteiger partial charge in [0.05, 0.1) is 5.69 Å². The monoisotopic (exact) mass is 304 g/mol. The van der Waals surface area contributed by atoms with E-state index in [2.05, 4.69) is 52.1 Å². The number of hydrogen-bond acceptors (Lipinski definition) is 3. The molecule has 1 N–H and O–H groups in total. The van der Waals surface area contributed by atoms with E-state index >= 15 is 0 Å². The van der Waals surface area contributed by atoms with Gasteiger partial charge in [-0.15, -0.1) is 11.8 Å². The summed E-state index contributed by atoms with van der Waals surface area (Å²) < 4.78 is 4.75. The largest absolute Gasteiger partial charge is 0.327 e. The first kappa shape index (κ1) is 13.5. The Morgan fingerprint density at radius 3 is 2.60 bits per heavy atom. The molecule has 0 amide bonds. The van der Waals surface area contributed by atoms with E-state index in [1.54, 1.807) is 11.8 Å². The molecule has 6 heteroatoms. The minimum atomic E-state index is 0.708. The van der Waals surface area contributed by atoms with Gasteiger partial charge >= 0.3 is 0 Å². The summed E-state index contributed by atoms with van der Waals surface area (Å²) in [5.41, 5.74) is 4.10. The molecule has 2 heterocycles. The smallest absolute Gasteiger partial charge is 0.184 e. The molecular formula is C14H16N4S2. The molecule has 4 nitrogen and oxygen atoms in total. The Balaban J connectivity index is 2.28. The van der Waals surface area contributed by atoms with Crippen LogP contribution in [0.25, 0.3) is 16.9 Å². The minimum Gasteiger partial charge on any atom is -0.327 e. The lowest BCUT2D eigenvalue weighted by Crippen LogP contribution is -2.03. The molecule has 0 aliphatic rings. The number of aryl methyl sites for hydroxylation is 2. The molecule has 0 spiro atoms. The zero-order valence-electron chi connectivity index (χ0n) is 11.7. The van der Waals surface area contributed by atoms with Crippen molar-refractivity contribution in [2.75, 3.05) is 6.26 Å². The summed E-state index contributed by atoms with van der Waals surface area (Å²) in [6, 6.07) is 8.41. The number of hydrogen-bond donors (Lipinski definition) is 1. The van der Waals surface area contributed by atoms with Crippen LogP contribution in [0.3, 0.4) is 0 Å². The molecule has 0 radical (unpaired) electrons. The van der Waals surface area contributed by atoms with Gasteiger partial charge in [-0.2, -0.15) is 5.10 Å². The van der Waals surface area contributed by atoms with Crippen molar-refractivity contribution in [2.45, 2.75) is 25.3 Å². The van der Waals surface area contributed by atoms with E-state index in [4.69, 9.17) is 12.2 Å². The first-order valence-corrected chi connectivity index (χ1v) is 8.11. The number of aromatic amines is 1. The quantitative estimate of drug-likeness (QED) is 0.588. The summed E-state index contributed by atoms with van der Waals surface area (Å²) in [6.07, 6.45) is 2.07. The third-order valence-corrected chi connectivity index (χ3v) is 4.41. The number of H-pyrrole nitrogens is 1. The van der Waals surface area contributed by atoms with Crippen LogP contribution in [0.5, 0.6) is 0 Å². The minimum absolute atomic E-state index is 0.708. The molecule has 1 aromatic carbocycles. The van der Waals surface area contributed by atoms with Crippen LogP contribution in [0.2, 0.25) is 0 Å². The van der Waals surface area contributed by atoms with Gasteiger partial charge in [0.15, 0.2) is 10.4 Å². The number of benzene rings is 1. The third kappa shape index (κ3) is 1.99. The lowest BCUT2D eigenvalue weighted by atomic mass is 10.3. The predicted molar refractivity (Wildman–Crippen MR) is 86.4 cm³/mol. The fraction of sp³-hybridized carbons (Fsp3) is 0.286. The summed E-state index contributed by atoms with van der Waals surface area (Å²) in [5, 5.41) is 4.54. The number of rotatable bonds is 3. The second kappa shape index (κ2) is 5.10. The van der Waals surface area contributed by atoms with Gasteiger partial charge in [0.1, 0.15) is 5.52 Å². The maximum absolute atomic E-state index is 5.48. The number of thioether (sulfide) groups is 1. The van der Waals surface area contributed by atoms with Crippen LogP contribution in [0.15, 0.2) is 29.2 Å². The molecule has 0 unspecified atom stereocenters. The lowest BCUT2D eigenvalue weighted by molar-refractivity contribution is 0.661. The van der Waals surface area contributed by atoms with Crippen LogP contribution in [-0.4, -0.2) is 25.6 Å². The summed E-state index contributed by atoms with van der Waals surface area (Å²) in [5.74, 6) is 0. The van der Waals surface area contributed by atoms with E-state index < -0.39 is 0 Å². The van der Waals surface area contributed by atoms with E-state index in [1.807, 2.05) is 11.6 Å². The van der Waals surface area contributed by atoms with Crippen molar-refractivity contribution >= 4 is 35.1 Å². The van der Waals surface area contributed by atoms with Crippen LogP contribution in [0.1, 0.15) is 12.6 Å². The molecule has 0 saturated carbocycles. The Morgan fingerprint density at radius 1 is 1.30 bits per heavy atom. The molecule has 2 aromatic heterocycles. The van der Waals surface area contributed by atoms with Crippen molar-refractivity contribution < 1.29 is 0 Å². The standard InChI is InChI=1S/C14H16N4S2/c1-4-17-13-12(9(2)16-17)15-14(19)18(13)10-5-7-11(20-3)8-6-10/h5-8H,4H2,1-3H3,(H,15,19).